The molecule has 0 aromatic rings. The molecule has 0 atom stereocenters. The normalized spacial score (nSPS) is 25.6. The van der Waals surface area contributed by atoms with E-state index in [2.05, 4.69) is 10.3 Å². The van der Waals surface area contributed by atoms with E-state index in [4.69, 9.17) is 0 Å². The fourth-order valence-electron chi connectivity index (χ4n) is 0.998. The quantitative estimate of drug-likeness (QED) is 0.566. The summed E-state index contributed by atoms with van der Waals surface area (Å²) in [6, 6.07) is 0. The van der Waals surface area contributed by atoms with E-state index in [1.54, 1.807) is 0 Å². The molecule has 0 unspecified atom stereocenters. The third-order valence-electron chi connectivity index (χ3n) is 2.48. The molecule has 1 N–H and O–H groups in total. The molecule has 1 heterocycles. The summed E-state index contributed by atoms with van der Waals surface area (Å²) in [7, 11) is 0. The summed E-state index contributed by atoms with van der Waals surface area (Å²) < 4.78 is 0. The monoisotopic (exact) mass is 154 g/mol. The molecular weight excluding hydrogens is 140 g/mol. The first-order valence-corrected chi connectivity index (χ1v) is 3.72. The lowest BCUT2D eigenvalue weighted by Crippen LogP contribution is -2.50. The van der Waals surface area contributed by atoms with Gasteiger partial charge in [0.05, 0.1) is 11.1 Å². The number of amidine groups is 1. The van der Waals surface area contributed by atoms with Gasteiger partial charge in [0.15, 0.2) is 12.1 Å². The summed E-state index contributed by atoms with van der Waals surface area (Å²) in [5, 5.41) is 3.05. The molecule has 0 aromatic heterocycles. The Hall–Kier alpha value is -0.860. The van der Waals surface area contributed by atoms with Crippen LogP contribution in [0.2, 0.25) is 0 Å². The van der Waals surface area contributed by atoms with Gasteiger partial charge in [0, 0.05) is 0 Å². The molecule has 1 aliphatic rings. The van der Waals surface area contributed by atoms with E-state index >= 15 is 0 Å². The summed E-state index contributed by atoms with van der Waals surface area (Å²) in [5.74, 6) is 0.458. The van der Waals surface area contributed by atoms with Gasteiger partial charge in [0.25, 0.3) is 0 Å². The molecular formula is C8H14N2O. The molecule has 0 bridgehead atoms. The molecule has 0 saturated carbocycles. The van der Waals surface area contributed by atoms with Crippen molar-refractivity contribution in [2.75, 3.05) is 0 Å². The van der Waals surface area contributed by atoms with Crippen molar-refractivity contribution >= 4 is 12.1 Å². The van der Waals surface area contributed by atoms with Gasteiger partial charge < -0.3 is 5.32 Å². The van der Waals surface area contributed by atoms with Crippen molar-refractivity contribution < 1.29 is 4.79 Å². The van der Waals surface area contributed by atoms with Gasteiger partial charge in [-0.05, 0) is 27.7 Å². The first kappa shape index (κ1) is 8.24. The van der Waals surface area contributed by atoms with Crippen LogP contribution in [0.15, 0.2) is 4.99 Å². The number of aldehydes is 1. The Bertz CT molecular complexity index is 216. The Morgan fingerprint density at radius 3 is 2.09 bits per heavy atom. The molecule has 11 heavy (non-hydrogen) atoms. The van der Waals surface area contributed by atoms with Crippen molar-refractivity contribution in [3.63, 3.8) is 0 Å². The predicted molar refractivity (Wildman–Crippen MR) is 44.8 cm³/mol. The van der Waals surface area contributed by atoms with E-state index < -0.39 is 0 Å². The molecule has 0 aliphatic carbocycles. The second-order valence-electron chi connectivity index (χ2n) is 3.92. The zero-order valence-corrected chi connectivity index (χ0v) is 7.43. The van der Waals surface area contributed by atoms with Gasteiger partial charge in [-0.1, -0.05) is 0 Å². The number of rotatable bonds is 1. The molecule has 0 spiro atoms. The molecule has 1 aliphatic heterocycles. The Labute approximate surface area is 66.9 Å². The van der Waals surface area contributed by atoms with Crippen molar-refractivity contribution in [3.8, 4) is 0 Å². The molecule has 3 heteroatoms. The number of nitrogens with zero attached hydrogens (tertiary/aromatic N) is 1. The molecule has 0 saturated heterocycles. The number of nitrogens with one attached hydrogen (secondary N) is 1. The van der Waals surface area contributed by atoms with Crippen LogP contribution in [0.3, 0.4) is 0 Å². The van der Waals surface area contributed by atoms with Gasteiger partial charge in [-0.2, -0.15) is 0 Å². The van der Waals surface area contributed by atoms with E-state index in [0.29, 0.717) is 5.84 Å². The molecule has 0 amide bonds. The second-order valence-corrected chi connectivity index (χ2v) is 3.92. The van der Waals surface area contributed by atoms with Crippen molar-refractivity contribution in [1.29, 1.82) is 0 Å². The van der Waals surface area contributed by atoms with Crippen LogP contribution in [0.25, 0.3) is 0 Å². The van der Waals surface area contributed by atoms with Crippen molar-refractivity contribution in [2.24, 2.45) is 4.99 Å². The van der Waals surface area contributed by atoms with Crippen LogP contribution in [0.1, 0.15) is 27.7 Å². The average molecular weight is 154 g/mol. The highest BCUT2D eigenvalue weighted by Gasteiger charge is 2.42. The van der Waals surface area contributed by atoms with Crippen LogP contribution in [-0.4, -0.2) is 23.2 Å². The molecule has 3 nitrogen and oxygen atoms in total. The van der Waals surface area contributed by atoms with E-state index in [0.717, 1.165) is 6.29 Å². The minimum absolute atomic E-state index is 0.122. The lowest BCUT2D eigenvalue weighted by Gasteiger charge is -2.32. The zero-order valence-electron chi connectivity index (χ0n) is 7.43. The minimum atomic E-state index is -0.191. The minimum Gasteiger partial charge on any atom is -0.360 e. The van der Waals surface area contributed by atoms with E-state index in [1.165, 1.54) is 0 Å². The number of hydrogen-bond acceptors (Lipinski definition) is 3. The van der Waals surface area contributed by atoms with Crippen molar-refractivity contribution in [1.82, 2.24) is 5.32 Å². The van der Waals surface area contributed by atoms with Crippen LogP contribution < -0.4 is 5.32 Å². The van der Waals surface area contributed by atoms with Crippen LogP contribution in [-0.2, 0) is 4.79 Å². The first-order chi connectivity index (χ1) is 4.89. The largest absolute Gasteiger partial charge is 0.360 e. The summed E-state index contributed by atoms with van der Waals surface area (Å²) in [4.78, 5) is 14.6. The van der Waals surface area contributed by atoms with Gasteiger partial charge in [0.2, 0.25) is 0 Å². The SMILES string of the molecule is CC1(C)N=C(C=O)NC1(C)C. The topological polar surface area (TPSA) is 41.5 Å². The molecule has 0 aromatic carbocycles. The highest BCUT2D eigenvalue weighted by atomic mass is 16.1. The van der Waals surface area contributed by atoms with Crippen molar-refractivity contribution in [2.45, 2.75) is 38.8 Å². The molecule has 0 fully saturated rings. The summed E-state index contributed by atoms with van der Waals surface area (Å²) >= 11 is 0. The van der Waals surface area contributed by atoms with Gasteiger partial charge in [-0.3, -0.25) is 9.79 Å². The second kappa shape index (κ2) is 2.06. The number of hydrogen-bond donors (Lipinski definition) is 1. The van der Waals surface area contributed by atoms with Gasteiger partial charge in [-0.25, -0.2) is 0 Å². The predicted octanol–water partition coefficient (Wildman–Crippen LogP) is 0.744. The third kappa shape index (κ3) is 1.15. The summed E-state index contributed by atoms with van der Waals surface area (Å²) in [6.45, 7) is 8.09. The highest BCUT2D eigenvalue weighted by Crippen LogP contribution is 2.29. The van der Waals surface area contributed by atoms with Gasteiger partial charge >= 0.3 is 0 Å². The van der Waals surface area contributed by atoms with Crippen LogP contribution in [0.5, 0.6) is 0 Å². The van der Waals surface area contributed by atoms with Crippen LogP contribution in [0, 0.1) is 0 Å². The highest BCUT2D eigenvalue weighted by molar-refractivity contribution is 6.28. The maximum atomic E-state index is 10.4. The van der Waals surface area contributed by atoms with Crippen molar-refractivity contribution in [3.05, 3.63) is 0 Å². The van der Waals surface area contributed by atoms with Crippen LogP contribution in [0.4, 0.5) is 0 Å². The summed E-state index contributed by atoms with van der Waals surface area (Å²) in [6.07, 6.45) is 0.760. The smallest absolute Gasteiger partial charge is 0.184 e. The van der Waals surface area contributed by atoms with Gasteiger partial charge in [-0.15, -0.1) is 0 Å². The standard InChI is InChI=1S/C8H14N2O/c1-7(2)8(3,4)10-6(5-11)9-7/h5H,1-4H3,(H,9,10). The van der Waals surface area contributed by atoms with E-state index in [-0.39, 0.29) is 11.1 Å². The fraction of sp³-hybridized carbons (Fsp3) is 0.750. The van der Waals surface area contributed by atoms with E-state index in [1.807, 2.05) is 27.7 Å². The Morgan fingerprint density at radius 1 is 1.36 bits per heavy atom. The summed E-state index contributed by atoms with van der Waals surface area (Å²) in [5.41, 5.74) is -0.313. The average Bonchev–Trinajstić information content (AvgIpc) is 2.03. The van der Waals surface area contributed by atoms with Gasteiger partial charge in [0.1, 0.15) is 0 Å². The van der Waals surface area contributed by atoms with Crippen LogP contribution >= 0.6 is 0 Å². The lowest BCUT2D eigenvalue weighted by atomic mass is 9.85. The fourth-order valence-corrected chi connectivity index (χ4v) is 0.998. The third-order valence-corrected chi connectivity index (χ3v) is 2.48. The maximum absolute atomic E-state index is 10.4. The maximum Gasteiger partial charge on any atom is 0.184 e. The Kier molecular flexibility index (Phi) is 1.54. The number of carbonyl (C=O) groups is 1. The van der Waals surface area contributed by atoms with E-state index in [9.17, 15) is 4.79 Å². The Morgan fingerprint density at radius 2 is 1.91 bits per heavy atom. The molecule has 1 rings (SSSR count). The number of aliphatic imine (C=N–C) groups is 1. The molecule has 0 radical (unpaired) electrons. The molecule has 62 valence electrons. The first-order valence-electron chi connectivity index (χ1n) is 3.72. The number of carbonyl (C=O) groups excluding carboxylic acids is 1. The Balaban J connectivity index is 2.95. The zero-order chi connectivity index (χ0) is 8.70. The lowest BCUT2D eigenvalue weighted by molar-refractivity contribution is -0.102.